The molecule has 242 valence electrons. The molecule has 0 fully saturated rings. The van der Waals surface area contributed by atoms with Gasteiger partial charge in [-0.1, -0.05) is 109 Å². The number of hydrogen-bond acceptors (Lipinski definition) is 2. The first-order valence-electron chi connectivity index (χ1n) is 17.7. The number of hydrogen-bond donors (Lipinski definition) is 0. The number of nitrogens with zero attached hydrogens (tertiary/aromatic N) is 4. The predicted molar refractivity (Wildman–Crippen MR) is 217 cm³/mol. The van der Waals surface area contributed by atoms with Gasteiger partial charge in [0.2, 0.25) is 0 Å². The third-order valence-corrected chi connectivity index (χ3v) is 10.6. The van der Waals surface area contributed by atoms with Gasteiger partial charge in [-0.2, -0.15) is 0 Å². The van der Waals surface area contributed by atoms with E-state index in [-0.39, 0.29) is 0 Å². The van der Waals surface area contributed by atoms with Crippen LogP contribution in [0.4, 0.5) is 0 Å². The highest BCUT2D eigenvalue weighted by Crippen LogP contribution is 2.39. The fraction of sp³-hybridized carbons (Fsp3) is 0. The zero-order valence-electron chi connectivity index (χ0n) is 28.1. The molecule has 0 bridgehead atoms. The van der Waals surface area contributed by atoms with Crippen LogP contribution in [0, 0.1) is 0 Å². The normalized spacial score (nSPS) is 11.8. The Hall–Kier alpha value is -7.04. The van der Waals surface area contributed by atoms with Crippen LogP contribution < -0.4 is 0 Å². The number of para-hydroxylation sites is 3. The van der Waals surface area contributed by atoms with Crippen molar-refractivity contribution in [2.75, 3.05) is 0 Å². The van der Waals surface area contributed by atoms with E-state index in [9.17, 15) is 0 Å². The predicted octanol–water partition coefficient (Wildman–Crippen LogP) is 12.3. The third-order valence-electron chi connectivity index (χ3n) is 10.6. The molecule has 0 unspecified atom stereocenters. The van der Waals surface area contributed by atoms with Crippen molar-refractivity contribution in [2.45, 2.75) is 0 Å². The molecule has 0 radical (unpaired) electrons. The summed E-state index contributed by atoms with van der Waals surface area (Å²) in [5.74, 6) is 0. The second-order valence-corrected chi connectivity index (χ2v) is 13.5. The summed E-state index contributed by atoms with van der Waals surface area (Å²) in [5.41, 5.74) is 12.4. The van der Waals surface area contributed by atoms with Gasteiger partial charge in [-0.05, 0) is 83.2 Å². The summed E-state index contributed by atoms with van der Waals surface area (Å²) in [6.07, 6.45) is 1.69. The molecule has 0 aliphatic carbocycles. The highest BCUT2D eigenvalue weighted by atomic mass is 15.0. The largest absolute Gasteiger partial charge is 0.309 e. The van der Waals surface area contributed by atoms with Gasteiger partial charge in [-0.3, -0.25) is 0 Å². The van der Waals surface area contributed by atoms with Gasteiger partial charge in [0, 0.05) is 49.3 Å². The molecule has 3 heterocycles. The number of aromatic nitrogens is 4. The molecule has 0 N–H and O–H groups in total. The maximum Gasteiger partial charge on any atom is 0.116 e. The highest BCUT2D eigenvalue weighted by molar-refractivity contribution is 6.13. The van der Waals surface area contributed by atoms with E-state index >= 15 is 0 Å². The average Bonchev–Trinajstić information content (AvgIpc) is 3.73. The van der Waals surface area contributed by atoms with Crippen molar-refractivity contribution in [3.63, 3.8) is 0 Å². The molecule has 0 aliphatic heterocycles. The molecule has 11 aromatic rings. The van der Waals surface area contributed by atoms with E-state index in [1.54, 1.807) is 6.33 Å². The van der Waals surface area contributed by atoms with Gasteiger partial charge >= 0.3 is 0 Å². The standard InChI is InChI=1S/C48H30N4/c1-2-13-35(14-3-1)51-43-19-8-6-17-38(43)41-28-32(22-25-45(41)51)33-23-26-46-42(29-33)39-18-7-9-20-44(39)52(46)36-15-10-12-34(27-36)47-40-24-21-31-11-4-5-16-37(31)48(40)50-30-49-47/h1-30H. The summed E-state index contributed by atoms with van der Waals surface area (Å²) < 4.78 is 4.75. The van der Waals surface area contributed by atoms with Gasteiger partial charge in [0.15, 0.2) is 0 Å². The van der Waals surface area contributed by atoms with E-state index < -0.39 is 0 Å². The van der Waals surface area contributed by atoms with E-state index in [4.69, 9.17) is 9.97 Å². The summed E-state index contributed by atoms with van der Waals surface area (Å²) in [5, 5.41) is 8.33. The van der Waals surface area contributed by atoms with Crippen molar-refractivity contribution in [1.82, 2.24) is 19.1 Å². The first-order valence-corrected chi connectivity index (χ1v) is 17.7. The fourth-order valence-electron chi connectivity index (χ4n) is 8.26. The minimum atomic E-state index is 0.935. The number of benzene rings is 8. The lowest BCUT2D eigenvalue weighted by Crippen LogP contribution is -1.96. The van der Waals surface area contributed by atoms with Crippen molar-refractivity contribution < 1.29 is 0 Å². The van der Waals surface area contributed by atoms with Crippen LogP contribution in [0.15, 0.2) is 182 Å². The lowest BCUT2D eigenvalue weighted by atomic mass is 10.0. The average molecular weight is 663 g/mol. The second-order valence-electron chi connectivity index (χ2n) is 13.5. The molecule has 0 amide bonds. The summed E-state index contributed by atoms with van der Waals surface area (Å²) >= 11 is 0. The Morgan fingerprint density at radius 1 is 0.327 bits per heavy atom. The Morgan fingerprint density at radius 3 is 1.62 bits per heavy atom. The first kappa shape index (κ1) is 28.8. The maximum absolute atomic E-state index is 4.81. The van der Waals surface area contributed by atoms with E-state index in [1.165, 1.54) is 65.8 Å². The maximum atomic E-state index is 4.81. The molecule has 0 saturated heterocycles. The van der Waals surface area contributed by atoms with Gasteiger partial charge in [0.25, 0.3) is 0 Å². The van der Waals surface area contributed by atoms with Gasteiger partial charge in [0.05, 0.1) is 33.3 Å². The number of rotatable bonds is 4. The van der Waals surface area contributed by atoms with Gasteiger partial charge in [-0.25, -0.2) is 9.97 Å². The van der Waals surface area contributed by atoms with E-state index in [2.05, 4.69) is 185 Å². The van der Waals surface area contributed by atoms with E-state index in [1.807, 2.05) is 0 Å². The van der Waals surface area contributed by atoms with Crippen LogP contribution in [-0.2, 0) is 0 Å². The Kier molecular flexibility index (Phi) is 6.22. The quantitative estimate of drug-likeness (QED) is 0.176. The van der Waals surface area contributed by atoms with Crippen molar-refractivity contribution in [3.05, 3.63) is 182 Å². The summed E-state index contributed by atoms with van der Waals surface area (Å²) in [6, 6.07) is 63.3. The second kappa shape index (κ2) is 11.2. The summed E-state index contributed by atoms with van der Waals surface area (Å²) in [4.78, 5) is 9.53. The van der Waals surface area contributed by atoms with Crippen LogP contribution in [0.1, 0.15) is 0 Å². The van der Waals surface area contributed by atoms with Gasteiger partial charge in [0.1, 0.15) is 6.33 Å². The molecule has 0 spiro atoms. The van der Waals surface area contributed by atoms with Crippen LogP contribution in [-0.4, -0.2) is 19.1 Å². The highest BCUT2D eigenvalue weighted by Gasteiger charge is 2.17. The molecule has 4 heteroatoms. The molecule has 11 rings (SSSR count). The van der Waals surface area contributed by atoms with Crippen LogP contribution in [0.25, 0.3) is 99.0 Å². The van der Waals surface area contributed by atoms with E-state index in [0.29, 0.717) is 0 Å². The van der Waals surface area contributed by atoms with Crippen molar-refractivity contribution in [1.29, 1.82) is 0 Å². The van der Waals surface area contributed by atoms with Crippen molar-refractivity contribution >= 4 is 65.3 Å². The molecule has 3 aromatic heterocycles. The Balaban J connectivity index is 1.07. The van der Waals surface area contributed by atoms with Crippen LogP contribution in [0.5, 0.6) is 0 Å². The van der Waals surface area contributed by atoms with Crippen molar-refractivity contribution in [3.8, 4) is 33.8 Å². The third kappa shape index (κ3) is 4.28. The molecular weight excluding hydrogens is 633 g/mol. The lowest BCUT2D eigenvalue weighted by molar-refractivity contribution is 1.17. The summed E-state index contributed by atoms with van der Waals surface area (Å²) in [6.45, 7) is 0. The van der Waals surface area contributed by atoms with E-state index in [0.717, 1.165) is 33.2 Å². The minimum Gasteiger partial charge on any atom is -0.309 e. The molecule has 0 aliphatic rings. The number of fused-ring (bicyclic) bond motifs is 9. The summed E-state index contributed by atoms with van der Waals surface area (Å²) in [7, 11) is 0. The first-order chi connectivity index (χ1) is 25.8. The molecule has 8 aromatic carbocycles. The topological polar surface area (TPSA) is 35.6 Å². The van der Waals surface area contributed by atoms with Crippen LogP contribution in [0.3, 0.4) is 0 Å². The zero-order chi connectivity index (χ0) is 34.2. The monoisotopic (exact) mass is 662 g/mol. The van der Waals surface area contributed by atoms with Crippen LogP contribution >= 0.6 is 0 Å². The van der Waals surface area contributed by atoms with Gasteiger partial charge in [-0.15, -0.1) is 0 Å². The zero-order valence-corrected chi connectivity index (χ0v) is 28.1. The fourth-order valence-corrected chi connectivity index (χ4v) is 8.26. The smallest absolute Gasteiger partial charge is 0.116 e. The van der Waals surface area contributed by atoms with Crippen molar-refractivity contribution in [2.24, 2.45) is 0 Å². The van der Waals surface area contributed by atoms with Gasteiger partial charge < -0.3 is 9.13 Å². The lowest BCUT2D eigenvalue weighted by Gasteiger charge is -2.12. The Labute approximate surface area is 299 Å². The molecule has 4 nitrogen and oxygen atoms in total. The minimum absolute atomic E-state index is 0.935. The molecule has 52 heavy (non-hydrogen) atoms. The Bertz CT molecular complexity index is 3190. The molecular formula is C48H30N4. The Morgan fingerprint density at radius 2 is 0.904 bits per heavy atom. The SMILES string of the molecule is c1ccc(-n2c3ccccc3c3cc(-c4ccc5c(c4)c4ccccc4n5-c4cccc(-c5ncnc6c5ccc5ccccc56)c4)ccc32)cc1. The molecule has 0 atom stereocenters. The molecule has 0 saturated carbocycles. The van der Waals surface area contributed by atoms with Crippen LogP contribution in [0.2, 0.25) is 0 Å².